The molecule has 0 saturated carbocycles. The average molecular weight is 333 g/mol. The Hall–Kier alpha value is -0.820. The third-order valence-corrected chi connectivity index (χ3v) is 6.14. The predicted molar refractivity (Wildman–Crippen MR) is 83.4 cm³/mol. The highest BCUT2D eigenvalue weighted by Gasteiger charge is 2.28. The molecule has 0 unspecified atom stereocenters. The largest absolute Gasteiger partial charge is 0.497 e. The predicted octanol–water partition coefficient (Wildman–Crippen LogP) is 1.92. The first-order valence-electron chi connectivity index (χ1n) is 6.83. The van der Waals surface area contributed by atoms with Crippen molar-refractivity contribution in [2.75, 3.05) is 40.8 Å². The van der Waals surface area contributed by atoms with E-state index in [1.165, 1.54) is 17.5 Å². The van der Waals surface area contributed by atoms with Gasteiger partial charge >= 0.3 is 0 Å². The van der Waals surface area contributed by atoms with Gasteiger partial charge in [-0.1, -0.05) is 11.6 Å². The van der Waals surface area contributed by atoms with Gasteiger partial charge in [-0.15, -0.1) is 0 Å². The molecule has 21 heavy (non-hydrogen) atoms. The molecular weight excluding hydrogens is 312 g/mol. The van der Waals surface area contributed by atoms with Crippen LogP contribution < -0.4 is 4.74 Å². The van der Waals surface area contributed by atoms with E-state index < -0.39 is 10.0 Å². The van der Waals surface area contributed by atoms with Crippen LogP contribution in [0.4, 0.5) is 0 Å². The molecule has 0 aliphatic carbocycles. The maximum atomic E-state index is 12.7. The molecule has 1 heterocycles. The highest BCUT2D eigenvalue weighted by Crippen LogP contribution is 2.29. The van der Waals surface area contributed by atoms with Gasteiger partial charge in [-0.05, 0) is 38.1 Å². The first-order chi connectivity index (χ1) is 9.84. The van der Waals surface area contributed by atoms with Crippen LogP contribution in [0.25, 0.3) is 0 Å². The Bertz CT molecular complexity index is 606. The molecule has 1 saturated heterocycles. The maximum absolute atomic E-state index is 12.7. The number of hydrogen-bond donors (Lipinski definition) is 0. The van der Waals surface area contributed by atoms with Crippen molar-refractivity contribution in [2.24, 2.45) is 5.92 Å². The summed E-state index contributed by atoms with van der Waals surface area (Å²) < 4.78 is 31.8. The van der Waals surface area contributed by atoms with E-state index in [2.05, 4.69) is 4.90 Å². The zero-order valence-corrected chi connectivity index (χ0v) is 14.1. The van der Waals surface area contributed by atoms with Gasteiger partial charge in [0.15, 0.2) is 0 Å². The van der Waals surface area contributed by atoms with Gasteiger partial charge in [-0.2, -0.15) is 0 Å². The van der Waals surface area contributed by atoms with Gasteiger partial charge in [0.1, 0.15) is 10.6 Å². The fourth-order valence-corrected chi connectivity index (χ4v) is 4.35. The van der Waals surface area contributed by atoms with E-state index in [0.29, 0.717) is 18.2 Å². The lowest BCUT2D eigenvalue weighted by Crippen LogP contribution is -2.33. The summed E-state index contributed by atoms with van der Waals surface area (Å²) in [5.74, 6) is 0.839. The Morgan fingerprint density at radius 2 is 2.19 bits per heavy atom. The zero-order valence-electron chi connectivity index (χ0n) is 12.5. The van der Waals surface area contributed by atoms with Crippen molar-refractivity contribution in [2.45, 2.75) is 11.3 Å². The normalized spacial score (nSPS) is 20.1. The summed E-state index contributed by atoms with van der Waals surface area (Å²) in [6.07, 6.45) is 1.02. The van der Waals surface area contributed by atoms with Crippen LogP contribution in [0.2, 0.25) is 5.02 Å². The minimum absolute atomic E-state index is 0.0948. The Balaban J connectivity index is 2.20. The van der Waals surface area contributed by atoms with E-state index in [-0.39, 0.29) is 9.92 Å². The number of sulfonamides is 1. The van der Waals surface area contributed by atoms with Gasteiger partial charge in [0, 0.05) is 26.2 Å². The van der Waals surface area contributed by atoms with Gasteiger partial charge in [0.05, 0.1) is 12.1 Å². The van der Waals surface area contributed by atoms with E-state index in [0.717, 1.165) is 19.5 Å². The summed E-state index contributed by atoms with van der Waals surface area (Å²) in [6, 6.07) is 4.66. The Morgan fingerprint density at radius 1 is 1.48 bits per heavy atom. The van der Waals surface area contributed by atoms with Crippen LogP contribution in [0.15, 0.2) is 23.1 Å². The number of ether oxygens (including phenoxy) is 1. The second kappa shape index (κ2) is 6.52. The molecule has 0 bridgehead atoms. The molecule has 1 aliphatic rings. The van der Waals surface area contributed by atoms with Crippen molar-refractivity contribution in [1.82, 2.24) is 9.21 Å². The second-order valence-corrected chi connectivity index (χ2v) is 7.92. The highest BCUT2D eigenvalue weighted by molar-refractivity contribution is 7.89. The molecule has 5 nitrogen and oxygen atoms in total. The molecule has 0 aromatic heterocycles. The van der Waals surface area contributed by atoms with Crippen LogP contribution in [-0.2, 0) is 10.0 Å². The van der Waals surface area contributed by atoms with E-state index in [4.69, 9.17) is 16.3 Å². The molecule has 2 rings (SSSR count). The Morgan fingerprint density at radius 3 is 2.76 bits per heavy atom. The highest BCUT2D eigenvalue weighted by atomic mass is 35.5. The number of benzene rings is 1. The van der Waals surface area contributed by atoms with Gasteiger partial charge < -0.3 is 9.64 Å². The van der Waals surface area contributed by atoms with Crippen molar-refractivity contribution >= 4 is 21.6 Å². The molecule has 118 valence electrons. The molecule has 1 aromatic rings. The molecule has 0 amide bonds. The molecule has 1 aliphatic heterocycles. The number of likely N-dealkylation sites (tertiary alicyclic amines) is 1. The minimum atomic E-state index is -3.60. The SMILES string of the molecule is COc1ccc(Cl)c(S(=O)(=O)N(C)C[C@@H]2CCN(C)C2)c1. The van der Waals surface area contributed by atoms with Crippen LogP contribution in [0.3, 0.4) is 0 Å². The summed E-state index contributed by atoms with van der Waals surface area (Å²) in [4.78, 5) is 2.31. The van der Waals surface area contributed by atoms with Crippen molar-refractivity contribution in [3.8, 4) is 5.75 Å². The molecule has 0 radical (unpaired) electrons. The lowest BCUT2D eigenvalue weighted by molar-refractivity contribution is 0.356. The van der Waals surface area contributed by atoms with Gasteiger partial charge in [-0.25, -0.2) is 12.7 Å². The topological polar surface area (TPSA) is 49.9 Å². The monoisotopic (exact) mass is 332 g/mol. The van der Waals surface area contributed by atoms with Crippen LogP contribution in [-0.4, -0.2) is 58.5 Å². The van der Waals surface area contributed by atoms with Crippen LogP contribution >= 0.6 is 11.6 Å². The van der Waals surface area contributed by atoms with Crippen molar-refractivity contribution in [3.05, 3.63) is 23.2 Å². The van der Waals surface area contributed by atoms with Crippen molar-refractivity contribution in [3.63, 3.8) is 0 Å². The van der Waals surface area contributed by atoms with Gasteiger partial charge in [-0.3, -0.25) is 0 Å². The summed E-state index contributed by atoms with van der Waals surface area (Å²) >= 11 is 6.05. The number of halogens is 1. The first kappa shape index (κ1) is 16.5. The second-order valence-electron chi connectivity index (χ2n) is 5.50. The number of hydrogen-bond acceptors (Lipinski definition) is 4. The van der Waals surface area contributed by atoms with Crippen molar-refractivity contribution < 1.29 is 13.2 Å². The van der Waals surface area contributed by atoms with Crippen LogP contribution in [0, 0.1) is 5.92 Å². The first-order valence-corrected chi connectivity index (χ1v) is 8.65. The number of rotatable bonds is 5. The van der Waals surface area contributed by atoms with E-state index >= 15 is 0 Å². The Labute approximate surface area is 131 Å². The van der Waals surface area contributed by atoms with Gasteiger partial charge in [0.25, 0.3) is 0 Å². The Kier molecular flexibility index (Phi) is 5.14. The average Bonchev–Trinajstić information content (AvgIpc) is 2.84. The van der Waals surface area contributed by atoms with E-state index in [1.54, 1.807) is 19.2 Å². The van der Waals surface area contributed by atoms with E-state index in [1.807, 2.05) is 7.05 Å². The summed E-state index contributed by atoms with van der Waals surface area (Å²) in [5, 5.41) is 0.214. The smallest absolute Gasteiger partial charge is 0.244 e. The molecule has 7 heteroatoms. The quantitative estimate of drug-likeness (QED) is 0.826. The summed E-state index contributed by atoms with van der Waals surface area (Å²) in [6.45, 7) is 2.43. The van der Waals surface area contributed by atoms with Gasteiger partial charge in [0.2, 0.25) is 10.0 Å². The summed E-state index contributed by atoms with van der Waals surface area (Å²) in [5.41, 5.74) is 0. The van der Waals surface area contributed by atoms with Crippen molar-refractivity contribution in [1.29, 1.82) is 0 Å². The fourth-order valence-electron chi connectivity index (χ4n) is 2.61. The van der Waals surface area contributed by atoms with Crippen LogP contribution in [0.1, 0.15) is 6.42 Å². The maximum Gasteiger partial charge on any atom is 0.244 e. The molecule has 1 atom stereocenters. The lowest BCUT2D eigenvalue weighted by Gasteiger charge is -2.21. The fraction of sp³-hybridized carbons (Fsp3) is 0.571. The van der Waals surface area contributed by atoms with Crippen LogP contribution in [0.5, 0.6) is 5.75 Å². The number of methoxy groups -OCH3 is 1. The minimum Gasteiger partial charge on any atom is -0.497 e. The van der Waals surface area contributed by atoms with E-state index in [9.17, 15) is 8.42 Å². The zero-order chi connectivity index (χ0) is 15.6. The molecular formula is C14H21ClN2O3S. The molecule has 0 spiro atoms. The summed E-state index contributed by atoms with van der Waals surface area (Å²) in [7, 11) is 1.54. The number of nitrogens with zero attached hydrogens (tertiary/aromatic N) is 2. The third kappa shape index (κ3) is 3.69. The standard InChI is InChI=1S/C14H21ClN2O3S/c1-16-7-6-11(9-16)10-17(2)21(18,19)14-8-12(20-3)4-5-13(14)15/h4-5,8,11H,6-7,9-10H2,1-3H3/t11-/m1/s1. The molecule has 1 aromatic carbocycles. The third-order valence-electron chi connectivity index (χ3n) is 3.83. The molecule has 0 N–H and O–H groups in total. The molecule has 1 fully saturated rings. The lowest BCUT2D eigenvalue weighted by atomic mass is 10.1.